The lowest BCUT2D eigenvalue weighted by Gasteiger charge is -2.36. The minimum Gasteiger partial charge on any atom is -0.471 e. The van der Waals surface area contributed by atoms with Gasteiger partial charge in [-0.15, -0.1) is 0 Å². The van der Waals surface area contributed by atoms with Crippen molar-refractivity contribution in [2.24, 2.45) is 35.0 Å². The minimum absolute atomic E-state index is 0.0603. The van der Waals surface area contributed by atoms with Gasteiger partial charge in [0, 0.05) is 12.3 Å². The maximum atomic E-state index is 16.5. The van der Waals surface area contributed by atoms with E-state index in [9.17, 15) is 41.6 Å². The summed E-state index contributed by atoms with van der Waals surface area (Å²) in [5.74, 6) is -9.85. The SMILES string of the molecule is C[C@@H]1[C@@H]2CN(C(=O)[C@H](C(C)(C)C)NC(=O)O[C@@H]3C[C@@H]4C[C@@H]4[C@H]3CCCCC(F)(F)c3nc4ccc(C#N)cc4nc3O2)[C@@H]1C(=O)N[C@]1(C(=O)NS(=O)(=O)C2(C)CC2)C[C@H]1C(F)F. The van der Waals surface area contributed by atoms with Crippen molar-refractivity contribution in [2.45, 2.75) is 139 Å². The van der Waals surface area contributed by atoms with Crippen LogP contribution in [0.15, 0.2) is 18.2 Å². The van der Waals surface area contributed by atoms with Gasteiger partial charge in [0.05, 0.1) is 39.9 Å². The van der Waals surface area contributed by atoms with Gasteiger partial charge in [0.1, 0.15) is 29.8 Å². The average molecular weight is 890 g/mol. The Labute approximate surface area is 356 Å². The lowest BCUT2D eigenvalue weighted by molar-refractivity contribution is -0.143. The normalized spacial score (nSPS) is 33.9. The Kier molecular flexibility index (Phi) is 10.7. The van der Waals surface area contributed by atoms with Crippen LogP contribution in [0.4, 0.5) is 22.4 Å². The van der Waals surface area contributed by atoms with E-state index < -0.39 is 129 Å². The number of aromatic nitrogens is 2. The molecule has 0 spiro atoms. The Morgan fingerprint density at radius 2 is 1.76 bits per heavy atom. The van der Waals surface area contributed by atoms with Gasteiger partial charge in [0.2, 0.25) is 34.1 Å². The summed E-state index contributed by atoms with van der Waals surface area (Å²) in [5, 5.41) is 14.6. The molecule has 2 aliphatic heterocycles. The first-order chi connectivity index (χ1) is 29.0. The van der Waals surface area contributed by atoms with Crippen LogP contribution in [0.3, 0.4) is 0 Å². The van der Waals surface area contributed by atoms with Crippen LogP contribution in [0.25, 0.3) is 11.0 Å². The van der Waals surface area contributed by atoms with Crippen molar-refractivity contribution in [2.75, 3.05) is 6.54 Å². The van der Waals surface area contributed by atoms with Crippen LogP contribution in [0.1, 0.15) is 104 Å². The first-order valence-corrected chi connectivity index (χ1v) is 22.7. The van der Waals surface area contributed by atoms with Crippen LogP contribution in [-0.4, -0.2) is 94.6 Å². The zero-order chi connectivity index (χ0) is 44.9. The molecule has 1 aromatic heterocycles. The first kappa shape index (κ1) is 43.8. The Balaban J connectivity index is 1.18. The molecule has 2 bridgehead atoms. The number of alkyl carbamates (subject to hydrolysis) is 1. The molecule has 0 unspecified atom stereocenters. The van der Waals surface area contributed by atoms with Gasteiger partial charge < -0.3 is 25.0 Å². The molecule has 6 aliphatic rings. The molecule has 10 atom stereocenters. The van der Waals surface area contributed by atoms with Crippen molar-refractivity contribution >= 4 is 44.9 Å². The standard InChI is InChI=1S/C42H51F4N7O8S/c1-20-29-19-53(30(20)34(54)51-41(17-25(41)33(43)44)37(56)52-62(58,59)40(5)12-13-40)36(55)32(39(2,3)4)50-38(57)61-28-16-22-15-24(22)23(28)8-6-7-11-42(45,46)31-35(60-29)49-27-14-21(18-47)9-10-26(27)48-31/h9-10,14,20,22-25,28-30,32-33H,6-8,11-13,15-17,19H2,1-5H3,(H,50,57)(H,51,54)(H,52,56)/t20-,22+,23-,24+,25+,28-,29+,30+,32-,41-/m1/s1. The number of benzene rings is 1. The molecule has 20 heteroatoms. The third-order valence-corrected chi connectivity index (χ3v) is 16.2. The molecule has 4 aliphatic carbocycles. The van der Waals surface area contributed by atoms with Crippen LogP contribution < -0.4 is 20.1 Å². The fourth-order valence-corrected chi connectivity index (χ4v) is 11.0. The van der Waals surface area contributed by atoms with Gasteiger partial charge in [0.25, 0.3) is 11.8 Å². The third-order valence-electron chi connectivity index (χ3n) is 14.1. The van der Waals surface area contributed by atoms with E-state index in [0.29, 0.717) is 25.2 Å². The topological polar surface area (TPSA) is 210 Å². The summed E-state index contributed by atoms with van der Waals surface area (Å²) >= 11 is 0. The molecule has 3 heterocycles. The van der Waals surface area contributed by atoms with E-state index in [-0.39, 0.29) is 47.7 Å². The van der Waals surface area contributed by atoms with Crippen molar-refractivity contribution < 1.29 is 54.6 Å². The van der Waals surface area contributed by atoms with E-state index in [2.05, 4.69) is 20.6 Å². The Morgan fingerprint density at radius 3 is 2.40 bits per heavy atom. The summed E-state index contributed by atoms with van der Waals surface area (Å²) in [4.78, 5) is 66.6. The molecule has 62 heavy (non-hydrogen) atoms. The van der Waals surface area contributed by atoms with Crippen molar-refractivity contribution in [3.05, 3.63) is 29.5 Å². The maximum Gasteiger partial charge on any atom is 0.408 e. The van der Waals surface area contributed by atoms with Gasteiger partial charge in [-0.3, -0.25) is 19.1 Å². The molecule has 4 amide bonds. The van der Waals surface area contributed by atoms with E-state index in [1.54, 1.807) is 20.8 Å². The summed E-state index contributed by atoms with van der Waals surface area (Å²) in [6, 6.07) is 3.14. The minimum atomic E-state index is -4.32. The molecule has 3 N–H and O–H groups in total. The number of fused-ring (bicyclic) bond motifs is 7. The van der Waals surface area contributed by atoms with Crippen LogP contribution >= 0.6 is 0 Å². The van der Waals surface area contributed by atoms with E-state index >= 15 is 8.78 Å². The molecule has 0 radical (unpaired) electrons. The van der Waals surface area contributed by atoms with Crippen molar-refractivity contribution in [1.29, 1.82) is 5.26 Å². The summed E-state index contributed by atoms with van der Waals surface area (Å²) in [5.41, 5.74) is -3.90. The molecule has 336 valence electrons. The molecule has 1 aromatic carbocycles. The predicted octanol–water partition coefficient (Wildman–Crippen LogP) is 5.07. The number of nitrogens with zero attached hydrogens (tertiary/aromatic N) is 4. The second-order valence-electron chi connectivity index (χ2n) is 19.5. The van der Waals surface area contributed by atoms with Gasteiger partial charge in [-0.1, -0.05) is 34.1 Å². The number of ether oxygens (including phenoxy) is 2. The number of nitrogens with one attached hydrogen (secondary N) is 3. The van der Waals surface area contributed by atoms with Crippen LogP contribution in [0.5, 0.6) is 5.88 Å². The summed E-state index contributed by atoms with van der Waals surface area (Å²) in [6.07, 6.45) is -4.06. The second kappa shape index (κ2) is 15.2. The van der Waals surface area contributed by atoms with Gasteiger partial charge >= 0.3 is 6.09 Å². The van der Waals surface area contributed by atoms with E-state index in [1.807, 2.05) is 10.8 Å². The molecular formula is C42H51F4N7O8S. The maximum absolute atomic E-state index is 16.5. The monoisotopic (exact) mass is 889 g/mol. The smallest absolute Gasteiger partial charge is 0.408 e. The van der Waals surface area contributed by atoms with Gasteiger partial charge in [-0.2, -0.15) is 14.0 Å². The number of rotatable bonds is 6. The molecule has 1 saturated heterocycles. The number of hydrogen-bond acceptors (Lipinski definition) is 11. The molecule has 8 rings (SSSR count). The van der Waals surface area contributed by atoms with Gasteiger partial charge in [-0.05, 0) is 93.2 Å². The second-order valence-corrected chi connectivity index (χ2v) is 21.7. The fraction of sp³-hybridized carbons (Fsp3) is 0.690. The highest BCUT2D eigenvalue weighted by Gasteiger charge is 2.68. The van der Waals surface area contributed by atoms with Crippen molar-refractivity contribution in [3.63, 3.8) is 0 Å². The summed E-state index contributed by atoms with van der Waals surface area (Å²) in [6.45, 7) is 7.41. The predicted molar refractivity (Wildman–Crippen MR) is 212 cm³/mol. The number of carbonyl (C=O) groups is 4. The zero-order valence-corrected chi connectivity index (χ0v) is 35.9. The Hall–Kier alpha value is -4.80. The lowest BCUT2D eigenvalue weighted by Crippen LogP contribution is -2.61. The molecule has 4 saturated carbocycles. The average Bonchev–Trinajstić information content (AvgIpc) is 4.15. The first-order valence-electron chi connectivity index (χ1n) is 21.2. The molecule has 5 fully saturated rings. The molecule has 15 nitrogen and oxygen atoms in total. The highest BCUT2D eigenvalue weighted by molar-refractivity contribution is 7.91. The van der Waals surface area contributed by atoms with Gasteiger partial charge in [-0.25, -0.2) is 32.0 Å². The van der Waals surface area contributed by atoms with E-state index in [1.165, 1.54) is 32.0 Å². The highest BCUT2D eigenvalue weighted by Crippen LogP contribution is 2.58. The zero-order valence-electron chi connectivity index (χ0n) is 35.1. The fourth-order valence-electron chi connectivity index (χ4n) is 9.71. The summed E-state index contributed by atoms with van der Waals surface area (Å²) < 4.78 is 101. The van der Waals surface area contributed by atoms with Crippen LogP contribution in [0.2, 0.25) is 0 Å². The quantitative estimate of drug-likeness (QED) is 0.327. The Morgan fingerprint density at radius 1 is 1.03 bits per heavy atom. The van der Waals surface area contributed by atoms with E-state index in [4.69, 9.17) is 9.47 Å². The highest BCUT2D eigenvalue weighted by atomic mass is 32.2. The number of sulfonamides is 1. The molecule has 2 aromatic rings. The molecular weight excluding hydrogens is 839 g/mol. The Bertz CT molecular complexity index is 2350. The number of nitriles is 1. The van der Waals surface area contributed by atoms with Crippen LogP contribution in [0, 0.1) is 46.3 Å². The largest absolute Gasteiger partial charge is 0.471 e. The number of halogens is 4. The van der Waals surface area contributed by atoms with E-state index in [0.717, 1.165) is 11.3 Å². The van der Waals surface area contributed by atoms with Gasteiger partial charge in [0.15, 0.2) is 5.69 Å². The summed E-state index contributed by atoms with van der Waals surface area (Å²) in [7, 11) is -4.32. The lowest BCUT2D eigenvalue weighted by atomic mass is 9.85. The van der Waals surface area contributed by atoms with Crippen LogP contribution in [-0.2, 0) is 35.1 Å². The van der Waals surface area contributed by atoms with Crippen molar-refractivity contribution in [3.8, 4) is 11.9 Å². The number of alkyl halides is 4. The van der Waals surface area contributed by atoms with Crippen molar-refractivity contribution in [1.82, 2.24) is 30.2 Å². The number of hydrogen-bond donors (Lipinski definition) is 3. The number of amides is 4. The third kappa shape index (κ3) is 7.91. The number of carbonyl (C=O) groups excluding carboxylic acids is 4.